The summed E-state index contributed by atoms with van der Waals surface area (Å²) in [4.78, 5) is 26.7. The van der Waals surface area contributed by atoms with Gasteiger partial charge in [-0.25, -0.2) is 0 Å². The highest BCUT2D eigenvalue weighted by molar-refractivity contribution is 5.82. The molecule has 5 nitrogen and oxygen atoms in total. The number of unbranched alkanes of at least 4 members (excludes halogenated alkanes) is 1. The third kappa shape index (κ3) is 4.00. The van der Waals surface area contributed by atoms with Crippen LogP contribution in [0.25, 0.3) is 0 Å². The van der Waals surface area contributed by atoms with E-state index in [9.17, 15) is 9.59 Å². The summed E-state index contributed by atoms with van der Waals surface area (Å²) < 4.78 is 0. The minimum Gasteiger partial charge on any atom is -0.339 e. The Hall–Kier alpha value is -1.10. The van der Waals surface area contributed by atoms with Gasteiger partial charge in [-0.3, -0.25) is 9.59 Å². The number of piperazine rings is 1. The van der Waals surface area contributed by atoms with Gasteiger partial charge in [0, 0.05) is 33.1 Å². The molecule has 1 atom stereocenters. The van der Waals surface area contributed by atoms with E-state index in [2.05, 4.69) is 6.92 Å². The second-order valence-corrected chi connectivity index (χ2v) is 4.58. The maximum absolute atomic E-state index is 12.0. The Morgan fingerprint density at radius 1 is 1.18 bits per heavy atom. The zero-order valence-electron chi connectivity index (χ0n) is 10.8. The molecule has 1 aliphatic rings. The average molecular weight is 241 g/mol. The van der Waals surface area contributed by atoms with Crippen molar-refractivity contribution >= 4 is 11.8 Å². The lowest BCUT2D eigenvalue weighted by atomic mass is 10.1. The number of hydrogen-bond donors (Lipinski definition) is 1. The van der Waals surface area contributed by atoms with Crippen molar-refractivity contribution in [2.24, 2.45) is 5.73 Å². The topological polar surface area (TPSA) is 66.6 Å². The van der Waals surface area contributed by atoms with Crippen LogP contribution in [0.5, 0.6) is 0 Å². The minimum atomic E-state index is -0.376. The molecule has 0 radical (unpaired) electrons. The maximum atomic E-state index is 12.0. The summed E-state index contributed by atoms with van der Waals surface area (Å²) in [6, 6.07) is -0.376. The fourth-order valence-electron chi connectivity index (χ4n) is 2.02. The van der Waals surface area contributed by atoms with Crippen molar-refractivity contribution in [3.63, 3.8) is 0 Å². The minimum absolute atomic E-state index is 0.0293. The Bertz CT molecular complexity index is 273. The molecule has 0 bridgehead atoms. The van der Waals surface area contributed by atoms with Crippen LogP contribution in [0.1, 0.15) is 33.1 Å². The van der Waals surface area contributed by atoms with Gasteiger partial charge < -0.3 is 15.5 Å². The van der Waals surface area contributed by atoms with E-state index in [1.54, 1.807) is 16.7 Å². The van der Waals surface area contributed by atoms with E-state index in [1.165, 1.54) is 0 Å². The molecule has 98 valence electrons. The summed E-state index contributed by atoms with van der Waals surface area (Å²) in [7, 11) is 0. The van der Waals surface area contributed by atoms with Crippen LogP contribution in [0.2, 0.25) is 0 Å². The van der Waals surface area contributed by atoms with Gasteiger partial charge in [-0.05, 0) is 6.42 Å². The van der Waals surface area contributed by atoms with Gasteiger partial charge in [0.25, 0.3) is 0 Å². The van der Waals surface area contributed by atoms with Crippen LogP contribution < -0.4 is 5.73 Å². The lowest BCUT2D eigenvalue weighted by Gasteiger charge is -2.35. The monoisotopic (exact) mass is 241 g/mol. The number of nitrogens with two attached hydrogens (primary N) is 1. The van der Waals surface area contributed by atoms with E-state index in [1.807, 2.05) is 0 Å². The van der Waals surface area contributed by atoms with Crippen molar-refractivity contribution in [3.8, 4) is 0 Å². The first-order chi connectivity index (χ1) is 8.06. The number of nitrogens with zero attached hydrogens (tertiary/aromatic N) is 2. The smallest absolute Gasteiger partial charge is 0.239 e. The third-order valence-electron chi connectivity index (χ3n) is 3.22. The van der Waals surface area contributed by atoms with E-state index < -0.39 is 0 Å². The highest BCUT2D eigenvalue weighted by Gasteiger charge is 2.25. The highest BCUT2D eigenvalue weighted by atomic mass is 16.2. The van der Waals surface area contributed by atoms with Gasteiger partial charge in [-0.2, -0.15) is 0 Å². The fourth-order valence-corrected chi connectivity index (χ4v) is 2.02. The molecule has 0 saturated carbocycles. The standard InChI is InChI=1S/C12H23N3O2/c1-3-4-5-11(13)12(17)15-8-6-14(7-9-15)10(2)16/h11H,3-9,13H2,1-2H3/t11-/m0/s1. The van der Waals surface area contributed by atoms with E-state index >= 15 is 0 Å². The molecule has 0 unspecified atom stereocenters. The molecule has 1 rings (SSSR count). The van der Waals surface area contributed by atoms with Crippen molar-refractivity contribution in [1.82, 2.24) is 9.80 Å². The predicted molar refractivity (Wildman–Crippen MR) is 66.3 cm³/mol. The lowest BCUT2D eigenvalue weighted by Crippen LogP contribution is -2.54. The van der Waals surface area contributed by atoms with Crippen LogP contribution in [0.15, 0.2) is 0 Å². The Morgan fingerprint density at radius 3 is 2.18 bits per heavy atom. The molecule has 0 aromatic rings. The molecule has 5 heteroatoms. The number of rotatable bonds is 4. The Balaban J connectivity index is 2.37. The van der Waals surface area contributed by atoms with Crippen LogP contribution in [-0.4, -0.2) is 53.8 Å². The summed E-state index contributed by atoms with van der Waals surface area (Å²) in [5.74, 6) is 0.106. The summed E-state index contributed by atoms with van der Waals surface area (Å²) in [5.41, 5.74) is 5.86. The second-order valence-electron chi connectivity index (χ2n) is 4.58. The van der Waals surface area contributed by atoms with E-state index in [0.717, 1.165) is 19.3 Å². The Labute approximate surface area is 103 Å². The molecule has 1 aliphatic heterocycles. The largest absolute Gasteiger partial charge is 0.339 e. The first-order valence-electron chi connectivity index (χ1n) is 6.36. The molecule has 1 saturated heterocycles. The molecule has 17 heavy (non-hydrogen) atoms. The first-order valence-corrected chi connectivity index (χ1v) is 6.36. The molecule has 1 heterocycles. The molecule has 1 fully saturated rings. The number of carbonyl (C=O) groups is 2. The summed E-state index contributed by atoms with van der Waals surface area (Å²) in [6.45, 7) is 6.12. The van der Waals surface area contributed by atoms with Gasteiger partial charge in [0.2, 0.25) is 11.8 Å². The average Bonchev–Trinajstić information content (AvgIpc) is 2.35. The summed E-state index contributed by atoms with van der Waals surface area (Å²) in [6.07, 6.45) is 2.79. The zero-order chi connectivity index (χ0) is 12.8. The van der Waals surface area contributed by atoms with Crippen LogP contribution >= 0.6 is 0 Å². The van der Waals surface area contributed by atoms with Gasteiger partial charge in [0.05, 0.1) is 6.04 Å². The molecule has 0 spiro atoms. The van der Waals surface area contributed by atoms with Crippen molar-refractivity contribution in [1.29, 1.82) is 0 Å². The molecule has 2 amide bonds. The molecular formula is C12H23N3O2. The quantitative estimate of drug-likeness (QED) is 0.764. The Kier molecular flexibility index (Phi) is 5.41. The third-order valence-corrected chi connectivity index (χ3v) is 3.22. The van der Waals surface area contributed by atoms with E-state index in [4.69, 9.17) is 5.73 Å². The SMILES string of the molecule is CCCC[C@H](N)C(=O)N1CCN(C(C)=O)CC1. The summed E-state index contributed by atoms with van der Waals surface area (Å²) >= 11 is 0. The van der Waals surface area contributed by atoms with Gasteiger partial charge in [-0.1, -0.05) is 19.8 Å². The van der Waals surface area contributed by atoms with Gasteiger partial charge in [0.15, 0.2) is 0 Å². The van der Waals surface area contributed by atoms with E-state index in [-0.39, 0.29) is 17.9 Å². The number of amides is 2. The van der Waals surface area contributed by atoms with Crippen molar-refractivity contribution in [2.45, 2.75) is 39.2 Å². The van der Waals surface area contributed by atoms with Crippen molar-refractivity contribution < 1.29 is 9.59 Å². The van der Waals surface area contributed by atoms with Gasteiger partial charge in [0.1, 0.15) is 0 Å². The van der Waals surface area contributed by atoms with Crippen molar-refractivity contribution in [2.75, 3.05) is 26.2 Å². The highest BCUT2D eigenvalue weighted by Crippen LogP contribution is 2.07. The second kappa shape index (κ2) is 6.59. The van der Waals surface area contributed by atoms with Gasteiger partial charge in [-0.15, -0.1) is 0 Å². The molecule has 2 N–H and O–H groups in total. The zero-order valence-corrected chi connectivity index (χ0v) is 10.8. The molecule has 0 aliphatic carbocycles. The maximum Gasteiger partial charge on any atom is 0.239 e. The predicted octanol–water partition coefficient (Wildman–Crippen LogP) is 0.195. The Morgan fingerprint density at radius 2 is 1.71 bits per heavy atom. The van der Waals surface area contributed by atoms with E-state index in [0.29, 0.717) is 26.2 Å². The number of carbonyl (C=O) groups excluding carboxylic acids is 2. The first kappa shape index (κ1) is 14.0. The van der Waals surface area contributed by atoms with Crippen LogP contribution in [-0.2, 0) is 9.59 Å². The van der Waals surface area contributed by atoms with Gasteiger partial charge >= 0.3 is 0 Å². The summed E-state index contributed by atoms with van der Waals surface area (Å²) in [5, 5.41) is 0. The molecule has 0 aromatic heterocycles. The number of hydrogen-bond acceptors (Lipinski definition) is 3. The fraction of sp³-hybridized carbons (Fsp3) is 0.833. The van der Waals surface area contributed by atoms with Crippen LogP contribution in [0.3, 0.4) is 0 Å². The lowest BCUT2D eigenvalue weighted by molar-refractivity contribution is -0.139. The normalized spacial score (nSPS) is 18.1. The van der Waals surface area contributed by atoms with Crippen molar-refractivity contribution in [3.05, 3.63) is 0 Å². The van der Waals surface area contributed by atoms with Crippen LogP contribution in [0, 0.1) is 0 Å². The molecule has 0 aromatic carbocycles. The molecular weight excluding hydrogens is 218 g/mol. The van der Waals surface area contributed by atoms with Crippen LogP contribution in [0.4, 0.5) is 0 Å².